The highest BCUT2D eigenvalue weighted by Crippen LogP contribution is 2.45. The zero-order valence-electron chi connectivity index (χ0n) is 19.8. The number of benzene rings is 1. The maximum atomic E-state index is 12.3. The number of ether oxygens (including phenoxy) is 4. The van der Waals surface area contributed by atoms with Gasteiger partial charge in [0, 0.05) is 12.0 Å². The third-order valence-electron chi connectivity index (χ3n) is 6.65. The maximum Gasteiger partial charge on any atom is 0.335 e. The van der Waals surface area contributed by atoms with E-state index < -0.39 is 79.6 Å². The highest BCUT2D eigenvalue weighted by atomic mass is 16.8. The van der Waals surface area contributed by atoms with Gasteiger partial charge >= 0.3 is 11.9 Å². The average molecular weight is 536 g/mol. The van der Waals surface area contributed by atoms with Gasteiger partial charge in [-0.05, 0) is 23.8 Å². The van der Waals surface area contributed by atoms with E-state index in [1.54, 1.807) is 12.1 Å². The van der Waals surface area contributed by atoms with Crippen molar-refractivity contribution < 1.29 is 64.3 Å². The van der Waals surface area contributed by atoms with E-state index in [9.17, 15) is 45.3 Å². The van der Waals surface area contributed by atoms with Gasteiger partial charge in [0.05, 0.1) is 24.4 Å². The van der Waals surface area contributed by atoms with Gasteiger partial charge < -0.3 is 54.7 Å². The van der Waals surface area contributed by atoms with Crippen LogP contribution in [0.1, 0.15) is 5.56 Å². The largest absolute Gasteiger partial charge is 0.508 e. The zero-order valence-corrected chi connectivity index (χ0v) is 19.8. The summed E-state index contributed by atoms with van der Waals surface area (Å²) in [5.41, 5.74) is -1.58. The standard InChI is InChI=1S/C25H28O13/c26-9-16-19(29)20(30)21(31)24(37-16)38-23-18-14(15(10-35-23)22(32)33)7-8-25(18,34)11-36-17(28)6-3-12-1-4-13(27)5-2-12/h1-8,10,14,16,18-21,23-24,26-27,29-31,34H,9,11H2,(H,32,33)/t14-,16+,18+,19+,20+,21+,23-,24-,25+/m1/s1. The van der Waals surface area contributed by atoms with Crippen LogP contribution < -0.4 is 0 Å². The second-order valence-corrected chi connectivity index (χ2v) is 9.15. The van der Waals surface area contributed by atoms with Crippen molar-refractivity contribution in [2.75, 3.05) is 13.2 Å². The van der Waals surface area contributed by atoms with E-state index in [1.165, 1.54) is 30.4 Å². The summed E-state index contributed by atoms with van der Waals surface area (Å²) in [6.45, 7) is -1.32. The molecule has 206 valence electrons. The minimum absolute atomic E-state index is 0.0551. The summed E-state index contributed by atoms with van der Waals surface area (Å²) in [7, 11) is 0. The molecule has 0 unspecified atom stereocenters. The van der Waals surface area contributed by atoms with Gasteiger partial charge in [-0.25, -0.2) is 9.59 Å². The SMILES string of the molecule is O=C(C=Cc1ccc(O)cc1)OC[C@@]1(O)C=C[C@@H]2C(C(=O)O)=CO[C@H](O[C@H]3O[C@@H](CO)[C@H](O)[C@H](O)[C@@H]3O)[C@H]21. The summed E-state index contributed by atoms with van der Waals surface area (Å²) < 4.78 is 21.6. The lowest BCUT2D eigenvalue weighted by Gasteiger charge is -2.44. The number of phenolic OH excluding ortho intramolecular Hbond substituents is 1. The van der Waals surface area contributed by atoms with Crippen LogP contribution in [0, 0.1) is 11.8 Å². The molecule has 1 aromatic carbocycles. The first-order valence-corrected chi connectivity index (χ1v) is 11.6. The predicted molar refractivity (Wildman–Crippen MR) is 125 cm³/mol. The fraction of sp³-hybridized carbons (Fsp3) is 0.440. The highest BCUT2D eigenvalue weighted by Gasteiger charge is 2.56. The Hall–Kier alpha value is -3.30. The molecule has 38 heavy (non-hydrogen) atoms. The van der Waals surface area contributed by atoms with Gasteiger partial charge in [-0.1, -0.05) is 24.3 Å². The number of allylic oxidation sites excluding steroid dienone is 1. The molecular formula is C25H28O13. The van der Waals surface area contributed by atoms with Crippen molar-refractivity contribution in [3.05, 3.63) is 59.9 Å². The third kappa shape index (κ3) is 5.59. The Morgan fingerprint density at radius 1 is 1.05 bits per heavy atom. The molecule has 13 heteroatoms. The Morgan fingerprint density at radius 2 is 1.76 bits per heavy atom. The molecule has 2 aliphatic heterocycles. The Labute approximate surface area is 216 Å². The number of hydrogen-bond acceptors (Lipinski definition) is 12. The molecule has 3 aliphatic rings. The molecule has 0 saturated carbocycles. The van der Waals surface area contributed by atoms with Gasteiger partial charge in [-0.15, -0.1) is 0 Å². The van der Waals surface area contributed by atoms with E-state index in [0.29, 0.717) is 5.56 Å². The molecule has 13 nitrogen and oxygen atoms in total. The van der Waals surface area contributed by atoms with Crippen molar-refractivity contribution in [1.82, 2.24) is 0 Å². The number of phenols is 1. The summed E-state index contributed by atoms with van der Waals surface area (Å²) in [5.74, 6) is -4.23. The van der Waals surface area contributed by atoms with Crippen molar-refractivity contribution in [1.29, 1.82) is 0 Å². The number of carbonyl (C=O) groups is 2. The molecule has 0 bridgehead atoms. The second kappa shape index (κ2) is 11.2. The topological polar surface area (TPSA) is 213 Å². The number of hydrogen-bond donors (Lipinski definition) is 7. The first-order valence-electron chi connectivity index (χ1n) is 11.6. The molecule has 1 saturated heterocycles. The lowest BCUT2D eigenvalue weighted by Crippen LogP contribution is -2.61. The average Bonchev–Trinajstić information content (AvgIpc) is 3.25. The zero-order chi connectivity index (χ0) is 27.6. The number of esters is 1. The van der Waals surface area contributed by atoms with Crippen LogP contribution in [-0.2, 0) is 28.5 Å². The van der Waals surface area contributed by atoms with Gasteiger partial charge in [-0.3, -0.25) is 0 Å². The number of aromatic hydroxyl groups is 1. The predicted octanol–water partition coefficient (Wildman–Crippen LogP) is -1.38. The summed E-state index contributed by atoms with van der Waals surface area (Å²) in [6, 6.07) is 6.00. The Morgan fingerprint density at radius 3 is 2.42 bits per heavy atom. The van der Waals surface area contributed by atoms with Gasteiger partial charge in [0.2, 0.25) is 6.29 Å². The summed E-state index contributed by atoms with van der Waals surface area (Å²) in [4.78, 5) is 24.1. The van der Waals surface area contributed by atoms with Gasteiger partial charge in [0.1, 0.15) is 42.4 Å². The molecule has 1 aliphatic carbocycles. The van der Waals surface area contributed by atoms with Crippen LogP contribution >= 0.6 is 0 Å². The fourth-order valence-corrected chi connectivity index (χ4v) is 4.57. The fourth-order valence-electron chi connectivity index (χ4n) is 4.57. The maximum absolute atomic E-state index is 12.3. The minimum Gasteiger partial charge on any atom is -0.508 e. The van der Waals surface area contributed by atoms with Crippen LogP contribution in [-0.4, -0.2) is 103 Å². The van der Waals surface area contributed by atoms with Crippen molar-refractivity contribution in [3.8, 4) is 5.75 Å². The van der Waals surface area contributed by atoms with Crippen LogP contribution in [0.5, 0.6) is 5.75 Å². The molecular weight excluding hydrogens is 508 g/mol. The molecule has 9 atom stereocenters. The van der Waals surface area contributed by atoms with Crippen LogP contribution in [0.15, 0.2) is 54.3 Å². The first-order chi connectivity index (χ1) is 18.0. The second-order valence-electron chi connectivity index (χ2n) is 9.15. The van der Waals surface area contributed by atoms with Crippen molar-refractivity contribution in [2.24, 2.45) is 11.8 Å². The van der Waals surface area contributed by atoms with Gasteiger partial charge in [-0.2, -0.15) is 0 Å². The highest BCUT2D eigenvalue weighted by molar-refractivity contribution is 5.88. The van der Waals surface area contributed by atoms with E-state index >= 15 is 0 Å². The van der Waals surface area contributed by atoms with Crippen LogP contribution in [0.2, 0.25) is 0 Å². The Kier molecular flexibility index (Phi) is 8.18. The van der Waals surface area contributed by atoms with Crippen LogP contribution in [0.25, 0.3) is 6.08 Å². The number of aliphatic carboxylic acids is 1. The Bertz CT molecular complexity index is 1110. The number of carbonyl (C=O) groups excluding carboxylic acids is 1. The molecule has 2 heterocycles. The number of aliphatic hydroxyl groups is 5. The normalized spacial score (nSPS) is 36.4. The quantitative estimate of drug-likeness (QED) is 0.116. The number of aliphatic hydroxyl groups excluding tert-OH is 4. The molecule has 0 spiro atoms. The van der Waals surface area contributed by atoms with Crippen molar-refractivity contribution >= 4 is 18.0 Å². The molecule has 4 rings (SSSR count). The number of carboxylic acids is 1. The van der Waals surface area contributed by atoms with Crippen LogP contribution in [0.4, 0.5) is 0 Å². The number of carboxylic acid groups (broad SMARTS) is 1. The van der Waals surface area contributed by atoms with E-state index in [1.807, 2.05) is 0 Å². The van der Waals surface area contributed by atoms with E-state index in [4.69, 9.17) is 18.9 Å². The molecule has 1 aromatic rings. The molecule has 1 fully saturated rings. The minimum atomic E-state index is -1.97. The van der Waals surface area contributed by atoms with E-state index in [0.717, 1.165) is 12.3 Å². The lowest BCUT2D eigenvalue weighted by atomic mass is 9.79. The lowest BCUT2D eigenvalue weighted by molar-refractivity contribution is -0.346. The summed E-state index contributed by atoms with van der Waals surface area (Å²) in [5, 5.41) is 70.1. The van der Waals surface area contributed by atoms with Gasteiger partial charge in [0.15, 0.2) is 6.29 Å². The Balaban J connectivity index is 1.50. The van der Waals surface area contributed by atoms with Crippen molar-refractivity contribution in [2.45, 2.75) is 42.6 Å². The number of fused-ring (bicyclic) bond motifs is 1. The van der Waals surface area contributed by atoms with E-state index in [2.05, 4.69) is 0 Å². The molecule has 7 N–H and O–H groups in total. The molecule has 0 amide bonds. The van der Waals surface area contributed by atoms with E-state index in [-0.39, 0.29) is 11.3 Å². The van der Waals surface area contributed by atoms with Crippen LogP contribution in [0.3, 0.4) is 0 Å². The van der Waals surface area contributed by atoms with Gasteiger partial charge in [0.25, 0.3) is 0 Å². The summed E-state index contributed by atoms with van der Waals surface area (Å²) >= 11 is 0. The molecule has 0 aromatic heterocycles. The summed E-state index contributed by atoms with van der Waals surface area (Å²) in [6.07, 6.45) is -3.40. The van der Waals surface area contributed by atoms with Crippen molar-refractivity contribution in [3.63, 3.8) is 0 Å². The smallest absolute Gasteiger partial charge is 0.335 e. The third-order valence-corrected chi connectivity index (χ3v) is 6.65. The first kappa shape index (κ1) is 27.7. The monoisotopic (exact) mass is 536 g/mol. The number of rotatable bonds is 8. The molecule has 0 radical (unpaired) electrons.